The second-order valence-corrected chi connectivity index (χ2v) is 5.75. The van der Waals surface area contributed by atoms with Crippen LogP contribution in [0.1, 0.15) is 15.9 Å². The van der Waals surface area contributed by atoms with Crippen LogP contribution >= 0.6 is 11.3 Å². The standard InChI is InChI=1S/C14H12N4O3S/c1-8-3-2-4-10-12(8)17-14(22-10)16-11(19)7-18-6-9(5-15-18)13(20)21/h2-6H,7H2,1H3,(H,20,21)(H,16,17,19). The molecule has 2 heterocycles. The molecule has 2 aromatic heterocycles. The molecule has 1 aromatic carbocycles. The van der Waals surface area contributed by atoms with E-state index in [1.165, 1.54) is 28.4 Å². The molecule has 0 spiro atoms. The maximum atomic E-state index is 12.0. The molecule has 8 heteroatoms. The molecule has 0 aliphatic carbocycles. The Morgan fingerprint density at radius 2 is 2.23 bits per heavy atom. The predicted octanol–water partition coefficient (Wildman–Crippen LogP) is 2.14. The number of hydrogen-bond acceptors (Lipinski definition) is 5. The zero-order valence-electron chi connectivity index (χ0n) is 11.6. The van der Waals surface area contributed by atoms with Crippen LogP contribution in [0.25, 0.3) is 10.2 Å². The molecule has 0 saturated carbocycles. The number of amides is 1. The van der Waals surface area contributed by atoms with Crippen LogP contribution in [0.4, 0.5) is 5.13 Å². The van der Waals surface area contributed by atoms with Crippen LogP contribution in [0, 0.1) is 6.92 Å². The number of nitrogens with zero attached hydrogens (tertiary/aromatic N) is 3. The third-order valence-corrected chi connectivity index (χ3v) is 3.99. The zero-order valence-corrected chi connectivity index (χ0v) is 12.4. The van der Waals surface area contributed by atoms with Crippen molar-refractivity contribution in [2.24, 2.45) is 0 Å². The number of benzene rings is 1. The SMILES string of the molecule is Cc1cccc2sc(NC(=O)Cn3cc(C(=O)O)cn3)nc12. The number of aromatic carboxylic acids is 1. The molecule has 3 rings (SSSR count). The Labute approximate surface area is 129 Å². The van der Waals surface area contributed by atoms with E-state index in [4.69, 9.17) is 5.11 Å². The summed E-state index contributed by atoms with van der Waals surface area (Å²) in [7, 11) is 0. The first kappa shape index (κ1) is 14.2. The molecule has 0 atom stereocenters. The molecule has 0 bridgehead atoms. The van der Waals surface area contributed by atoms with Crippen molar-refractivity contribution >= 4 is 38.6 Å². The fraction of sp³-hybridized carbons (Fsp3) is 0.143. The van der Waals surface area contributed by atoms with E-state index < -0.39 is 5.97 Å². The number of carbonyl (C=O) groups is 2. The first-order chi connectivity index (χ1) is 10.5. The Bertz CT molecular complexity index is 868. The fourth-order valence-corrected chi connectivity index (χ4v) is 2.97. The van der Waals surface area contributed by atoms with Gasteiger partial charge in [-0.25, -0.2) is 9.78 Å². The summed E-state index contributed by atoms with van der Waals surface area (Å²) >= 11 is 1.39. The maximum Gasteiger partial charge on any atom is 0.338 e. The fourth-order valence-electron chi connectivity index (χ4n) is 2.01. The minimum Gasteiger partial charge on any atom is -0.478 e. The van der Waals surface area contributed by atoms with E-state index in [-0.39, 0.29) is 18.0 Å². The van der Waals surface area contributed by atoms with Crippen LogP contribution in [0.15, 0.2) is 30.6 Å². The smallest absolute Gasteiger partial charge is 0.338 e. The number of aromatic nitrogens is 3. The lowest BCUT2D eigenvalue weighted by atomic mass is 10.2. The second kappa shape index (κ2) is 5.57. The van der Waals surface area contributed by atoms with Gasteiger partial charge >= 0.3 is 5.97 Å². The summed E-state index contributed by atoms with van der Waals surface area (Å²) in [6.07, 6.45) is 2.51. The van der Waals surface area contributed by atoms with Gasteiger partial charge in [0.25, 0.3) is 0 Å². The largest absolute Gasteiger partial charge is 0.478 e. The Morgan fingerprint density at radius 3 is 2.91 bits per heavy atom. The van der Waals surface area contributed by atoms with E-state index in [0.717, 1.165) is 15.8 Å². The average molecular weight is 316 g/mol. The maximum absolute atomic E-state index is 12.0. The third kappa shape index (κ3) is 2.82. The predicted molar refractivity (Wildman–Crippen MR) is 82.2 cm³/mol. The molecule has 0 fully saturated rings. The number of carboxylic acids is 1. The molecular formula is C14H12N4O3S. The average Bonchev–Trinajstić information content (AvgIpc) is 3.06. The van der Waals surface area contributed by atoms with E-state index >= 15 is 0 Å². The van der Waals surface area contributed by atoms with Gasteiger partial charge < -0.3 is 10.4 Å². The molecule has 3 aromatic rings. The minimum absolute atomic E-state index is 0.0448. The van der Waals surface area contributed by atoms with Crippen LogP contribution in [0.3, 0.4) is 0 Å². The van der Waals surface area contributed by atoms with E-state index in [2.05, 4.69) is 15.4 Å². The Kier molecular flexibility index (Phi) is 3.60. The molecule has 2 N–H and O–H groups in total. The highest BCUT2D eigenvalue weighted by Gasteiger charge is 2.11. The van der Waals surface area contributed by atoms with Crippen molar-refractivity contribution in [3.63, 3.8) is 0 Å². The number of carboxylic acid groups (broad SMARTS) is 1. The molecule has 0 saturated heterocycles. The summed E-state index contributed by atoms with van der Waals surface area (Å²) in [5.41, 5.74) is 1.96. The molecule has 7 nitrogen and oxygen atoms in total. The van der Waals surface area contributed by atoms with E-state index in [9.17, 15) is 9.59 Å². The van der Waals surface area contributed by atoms with E-state index in [1.807, 2.05) is 25.1 Å². The van der Waals surface area contributed by atoms with Gasteiger partial charge in [-0.3, -0.25) is 9.48 Å². The van der Waals surface area contributed by atoms with Gasteiger partial charge in [-0.2, -0.15) is 5.10 Å². The highest BCUT2D eigenvalue weighted by Crippen LogP contribution is 2.27. The molecule has 0 unspecified atom stereocenters. The van der Waals surface area contributed by atoms with Crippen LogP contribution in [0.2, 0.25) is 0 Å². The van der Waals surface area contributed by atoms with Gasteiger partial charge in [0, 0.05) is 6.20 Å². The summed E-state index contributed by atoms with van der Waals surface area (Å²) < 4.78 is 2.28. The van der Waals surface area contributed by atoms with Crippen LogP contribution in [-0.4, -0.2) is 31.7 Å². The number of fused-ring (bicyclic) bond motifs is 1. The lowest BCUT2D eigenvalue weighted by Crippen LogP contribution is -2.18. The van der Waals surface area contributed by atoms with Gasteiger partial charge in [0.1, 0.15) is 6.54 Å². The number of rotatable bonds is 4. The topological polar surface area (TPSA) is 97.1 Å². The van der Waals surface area contributed by atoms with Crippen molar-refractivity contribution in [1.82, 2.24) is 14.8 Å². The molecule has 0 aliphatic rings. The molecule has 112 valence electrons. The molecule has 1 amide bonds. The van der Waals surface area contributed by atoms with Crippen LogP contribution in [-0.2, 0) is 11.3 Å². The quantitative estimate of drug-likeness (QED) is 0.768. The van der Waals surface area contributed by atoms with E-state index in [1.54, 1.807) is 0 Å². The van der Waals surface area contributed by atoms with Gasteiger partial charge in [0.15, 0.2) is 5.13 Å². The number of aryl methyl sites for hydroxylation is 1. The monoisotopic (exact) mass is 316 g/mol. The lowest BCUT2D eigenvalue weighted by Gasteiger charge is -2.01. The summed E-state index contributed by atoms with van der Waals surface area (Å²) in [5.74, 6) is -1.38. The molecule has 0 radical (unpaired) electrons. The van der Waals surface area contributed by atoms with Gasteiger partial charge in [-0.05, 0) is 18.6 Å². The van der Waals surface area contributed by atoms with Gasteiger partial charge in [0.05, 0.1) is 22.0 Å². The summed E-state index contributed by atoms with van der Waals surface area (Å²) in [4.78, 5) is 27.1. The second-order valence-electron chi connectivity index (χ2n) is 4.72. The van der Waals surface area contributed by atoms with Gasteiger partial charge in [-0.15, -0.1) is 0 Å². The number of hydrogen-bond donors (Lipinski definition) is 2. The van der Waals surface area contributed by atoms with Gasteiger partial charge in [-0.1, -0.05) is 23.5 Å². The third-order valence-electron chi connectivity index (χ3n) is 3.05. The van der Waals surface area contributed by atoms with Crippen molar-refractivity contribution in [3.8, 4) is 0 Å². The highest BCUT2D eigenvalue weighted by molar-refractivity contribution is 7.22. The number of carbonyl (C=O) groups excluding carboxylic acids is 1. The van der Waals surface area contributed by atoms with Crippen molar-refractivity contribution in [3.05, 3.63) is 41.7 Å². The van der Waals surface area contributed by atoms with Crippen LogP contribution in [0.5, 0.6) is 0 Å². The van der Waals surface area contributed by atoms with Crippen LogP contribution < -0.4 is 5.32 Å². The molecule has 22 heavy (non-hydrogen) atoms. The van der Waals surface area contributed by atoms with Crippen molar-refractivity contribution in [2.75, 3.05) is 5.32 Å². The molecule has 0 aliphatic heterocycles. The molecular weight excluding hydrogens is 304 g/mol. The van der Waals surface area contributed by atoms with E-state index in [0.29, 0.717) is 5.13 Å². The first-order valence-corrected chi connectivity index (χ1v) is 7.26. The Balaban J connectivity index is 1.72. The Hall–Kier alpha value is -2.74. The summed E-state index contributed by atoms with van der Waals surface area (Å²) in [5, 5.41) is 15.9. The van der Waals surface area contributed by atoms with Crippen molar-refractivity contribution in [1.29, 1.82) is 0 Å². The number of para-hydroxylation sites is 1. The normalized spacial score (nSPS) is 10.8. The minimum atomic E-state index is -1.08. The highest BCUT2D eigenvalue weighted by atomic mass is 32.1. The number of anilines is 1. The van der Waals surface area contributed by atoms with Crippen molar-refractivity contribution < 1.29 is 14.7 Å². The number of nitrogens with one attached hydrogen (secondary N) is 1. The zero-order chi connectivity index (χ0) is 15.7. The Morgan fingerprint density at radius 1 is 1.41 bits per heavy atom. The summed E-state index contributed by atoms with van der Waals surface area (Å²) in [6.45, 7) is 1.90. The van der Waals surface area contributed by atoms with Gasteiger partial charge in [0.2, 0.25) is 5.91 Å². The lowest BCUT2D eigenvalue weighted by molar-refractivity contribution is -0.116. The van der Waals surface area contributed by atoms with Crippen molar-refractivity contribution in [2.45, 2.75) is 13.5 Å². The first-order valence-electron chi connectivity index (χ1n) is 6.44. The number of thiazole rings is 1. The summed E-state index contributed by atoms with van der Waals surface area (Å²) in [6, 6.07) is 5.85.